The molecule has 1 amide bonds. The molecule has 2 aromatic rings. The normalized spacial score (nSPS) is 11.4. The van der Waals surface area contributed by atoms with Crippen molar-refractivity contribution in [3.8, 4) is 0 Å². The van der Waals surface area contributed by atoms with Gasteiger partial charge in [0.1, 0.15) is 10.8 Å². The molecule has 0 unspecified atom stereocenters. The van der Waals surface area contributed by atoms with Crippen molar-refractivity contribution in [2.75, 3.05) is 5.32 Å². The van der Waals surface area contributed by atoms with Crippen molar-refractivity contribution in [2.24, 2.45) is 0 Å². The van der Waals surface area contributed by atoms with Crippen molar-refractivity contribution in [3.05, 3.63) is 40.2 Å². The number of alkyl halides is 3. The monoisotopic (exact) mass is 305 g/mol. The quantitative estimate of drug-likeness (QED) is 0.867. The van der Waals surface area contributed by atoms with E-state index in [1.54, 1.807) is 6.92 Å². The minimum Gasteiger partial charge on any atom is -0.296 e. The lowest BCUT2D eigenvalue weighted by molar-refractivity contribution is -0.140. The van der Waals surface area contributed by atoms with Gasteiger partial charge in [-0.25, -0.2) is 4.39 Å². The number of hydrogen-bond acceptors (Lipinski definition) is 4. The van der Waals surface area contributed by atoms with Gasteiger partial charge in [0.15, 0.2) is 0 Å². The van der Waals surface area contributed by atoms with Gasteiger partial charge in [-0.3, -0.25) is 10.1 Å². The first-order valence-corrected chi connectivity index (χ1v) is 6.07. The molecule has 0 atom stereocenters. The average molecular weight is 305 g/mol. The van der Waals surface area contributed by atoms with E-state index in [4.69, 9.17) is 0 Å². The van der Waals surface area contributed by atoms with Crippen LogP contribution in [-0.4, -0.2) is 16.1 Å². The minimum absolute atomic E-state index is 0.158. The van der Waals surface area contributed by atoms with Gasteiger partial charge < -0.3 is 0 Å². The molecule has 0 aliphatic heterocycles. The Morgan fingerprint density at radius 1 is 1.30 bits per heavy atom. The smallest absolute Gasteiger partial charge is 0.296 e. The van der Waals surface area contributed by atoms with Gasteiger partial charge in [-0.05, 0) is 25.1 Å². The van der Waals surface area contributed by atoms with Crippen molar-refractivity contribution in [1.29, 1.82) is 0 Å². The van der Waals surface area contributed by atoms with Crippen molar-refractivity contribution >= 4 is 22.4 Å². The minimum atomic E-state index is -4.86. The highest BCUT2D eigenvalue weighted by atomic mass is 32.1. The lowest BCUT2D eigenvalue weighted by Gasteiger charge is -2.09. The van der Waals surface area contributed by atoms with Crippen molar-refractivity contribution in [3.63, 3.8) is 0 Å². The number of hydrogen-bond donors (Lipinski definition) is 1. The van der Waals surface area contributed by atoms with Crippen LogP contribution in [-0.2, 0) is 6.18 Å². The van der Waals surface area contributed by atoms with Gasteiger partial charge in [0.25, 0.3) is 5.91 Å². The molecule has 0 spiro atoms. The molecule has 0 fully saturated rings. The summed E-state index contributed by atoms with van der Waals surface area (Å²) < 4.78 is 50.7. The highest BCUT2D eigenvalue weighted by Crippen LogP contribution is 2.32. The molecular weight excluding hydrogens is 298 g/mol. The molecule has 9 heteroatoms. The zero-order valence-electron chi connectivity index (χ0n) is 9.95. The van der Waals surface area contributed by atoms with Crippen LogP contribution < -0.4 is 5.32 Å². The Balaban J connectivity index is 2.27. The molecular formula is C11H7F4N3OS. The van der Waals surface area contributed by atoms with Crippen LogP contribution >= 0.6 is 11.3 Å². The van der Waals surface area contributed by atoms with Crippen LogP contribution in [0.5, 0.6) is 0 Å². The second-order valence-corrected chi connectivity index (χ2v) is 4.95. The number of aromatic nitrogens is 2. The standard InChI is InChI=1S/C11H7F4N3OS/c1-5-17-18-10(20-5)16-9(19)6-2-3-8(12)7(4-6)11(13,14)15/h2-4H,1H3,(H,16,18,19). The van der Waals surface area contributed by atoms with Gasteiger partial charge in [0, 0.05) is 5.56 Å². The third-order valence-corrected chi connectivity index (χ3v) is 3.03. The number of amides is 1. The van der Waals surface area contributed by atoms with Gasteiger partial charge in [0.05, 0.1) is 5.56 Å². The molecule has 106 valence electrons. The van der Waals surface area contributed by atoms with Crippen molar-refractivity contribution < 1.29 is 22.4 Å². The highest BCUT2D eigenvalue weighted by Gasteiger charge is 2.34. The Morgan fingerprint density at radius 2 is 2.00 bits per heavy atom. The van der Waals surface area contributed by atoms with Gasteiger partial charge in [-0.15, -0.1) is 10.2 Å². The molecule has 0 aliphatic rings. The van der Waals surface area contributed by atoms with Crippen molar-refractivity contribution in [1.82, 2.24) is 10.2 Å². The first kappa shape index (κ1) is 14.4. The number of carbonyl (C=O) groups excluding carboxylic acids is 1. The fourth-order valence-electron chi connectivity index (χ4n) is 1.40. The lowest BCUT2D eigenvalue weighted by Crippen LogP contribution is -2.15. The number of aryl methyl sites for hydroxylation is 1. The third-order valence-electron chi connectivity index (χ3n) is 2.28. The van der Waals surface area contributed by atoms with E-state index < -0.39 is 23.5 Å². The summed E-state index contributed by atoms with van der Waals surface area (Å²) in [6.07, 6.45) is -4.86. The zero-order chi connectivity index (χ0) is 14.9. The van der Waals surface area contributed by atoms with E-state index in [-0.39, 0.29) is 10.7 Å². The molecule has 0 aliphatic carbocycles. The predicted molar refractivity (Wildman–Crippen MR) is 64.0 cm³/mol. The van der Waals surface area contributed by atoms with Gasteiger partial charge in [0.2, 0.25) is 5.13 Å². The number of carbonyl (C=O) groups is 1. The topological polar surface area (TPSA) is 54.9 Å². The summed E-state index contributed by atoms with van der Waals surface area (Å²) in [5.41, 5.74) is -1.80. The van der Waals surface area contributed by atoms with E-state index in [1.807, 2.05) is 0 Å². The molecule has 1 heterocycles. The van der Waals surface area contributed by atoms with E-state index in [0.717, 1.165) is 17.4 Å². The molecule has 0 bridgehead atoms. The summed E-state index contributed by atoms with van der Waals surface area (Å²) >= 11 is 1.07. The number of nitrogens with zero attached hydrogens (tertiary/aromatic N) is 2. The molecule has 1 aromatic carbocycles. The Bertz CT molecular complexity index is 653. The fourth-order valence-corrected chi connectivity index (χ4v) is 1.99. The number of benzene rings is 1. The van der Waals surface area contributed by atoms with Gasteiger partial charge >= 0.3 is 6.18 Å². The molecule has 4 nitrogen and oxygen atoms in total. The lowest BCUT2D eigenvalue weighted by atomic mass is 10.1. The van der Waals surface area contributed by atoms with E-state index in [2.05, 4.69) is 15.5 Å². The molecule has 2 rings (SSSR count). The van der Waals surface area contributed by atoms with Crippen LogP contribution in [0.15, 0.2) is 18.2 Å². The SMILES string of the molecule is Cc1nnc(NC(=O)c2ccc(F)c(C(F)(F)F)c2)s1. The number of rotatable bonds is 2. The molecule has 0 saturated carbocycles. The number of halogens is 4. The molecule has 1 N–H and O–H groups in total. The van der Waals surface area contributed by atoms with Crippen LogP contribution in [0, 0.1) is 12.7 Å². The van der Waals surface area contributed by atoms with Crippen LogP contribution in [0.25, 0.3) is 0 Å². The van der Waals surface area contributed by atoms with Gasteiger partial charge in [-0.1, -0.05) is 11.3 Å². The number of nitrogens with one attached hydrogen (secondary N) is 1. The predicted octanol–water partition coefficient (Wildman–Crippen LogP) is 3.26. The molecule has 20 heavy (non-hydrogen) atoms. The highest BCUT2D eigenvalue weighted by molar-refractivity contribution is 7.15. The fraction of sp³-hybridized carbons (Fsp3) is 0.182. The van der Waals surface area contributed by atoms with Crippen molar-refractivity contribution in [2.45, 2.75) is 13.1 Å². The summed E-state index contributed by atoms with van der Waals surface area (Å²) in [6, 6.07) is 2.02. The Morgan fingerprint density at radius 3 is 2.55 bits per heavy atom. The Kier molecular flexibility index (Phi) is 3.71. The Hall–Kier alpha value is -2.03. The van der Waals surface area contributed by atoms with E-state index in [0.29, 0.717) is 17.1 Å². The Labute approximate surface area is 114 Å². The third kappa shape index (κ3) is 3.10. The van der Waals surface area contributed by atoms with Crippen LogP contribution in [0.2, 0.25) is 0 Å². The van der Waals surface area contributed by atoms with E-state index in [9.17, 15) is 22.4 Å². The molecule has 1 aromatic heterocycles. The van der Waals surface area contributed by atoms with Crippen LogP contribution in [0.1, 0.15) is 20.9 Å². The molecule has 0 saturated heterocycles. The first-order chi connectivity index (χ1) is 9.27. The summed E-state index contributed by atoms with van der Waals surface area (Å²) in [4.78, 5) is 11.8. The largest absolute Gasteiger partial charge is 0.419 e. The van der Waals surface area contributed by atoms with Gasteiger partial charge in [-0.2, -0.15) is 13.2 Å². The number of anilines is 1. The summed E-state index contributed by atoms with van der Waals surface area (Å²) in [5, 5.41) is 10.3. The van der Waals surface area contributed by atoms with Crippen LogP contribution in [0.4, 0.5) is 22.7 Å². The van der Waals surface area contributed by atoms with E-state index in [1.165, 1.54) is 0 Å². The average Bonchev–Trinajstić information content (AvgIpc) is 2.73. The first-order valence-electron chi connectivity index (χ1n) is 5.25. The second kappa shape index (κ2) is 5.16. The zero-order valence-corrected chi connectivity index (χ0v) is 10.8. The maximum Gasteiger partial charge on any atom is 0.419 e. The second-order valence-electron chi connectivity index (χ2n) is 3.77. The summed E-state index contributed by atoms with van der Waals surface area (Å²) in [6.45, 7) is 1.66. The molecule has 0 radical (unpaired) electrons. The maximum absolute atomic E-state index is 13.1. The maximum atomic E-state index is 13.1. The van der Waals surface area contributed by atoms with Crippen LogP contribution in [0.3, 0.4) is 0 Å². The summed E-state index contributed by atoms with van der Waals surface area (Å²) in [5.74, 6) is -2.24. The summed E-state index contributed by atoms with van der Waals surface area (Å²) in [7, 11) is 0. The van der Waals surface area contributed by atoms with E-state index >= 15 is 0 Å².